The highest BCUT2D eigenvalue weighted by Gasteiger charge is 2.11. The molecule has 0 aliphatic rings. The van der Waals surface area contributed by atoms with Gasteiger partial charge in [0, 0.05) is 28.7 Å². The number of para-hydroxylation sites is 1. The van der Waals surface area contributed by atoms with Gasteiger partial charge in [-0.15, -0.1) is 0 Å². The first-order valence-corrected chi connectivity index (χ1v) is 9.29. The van der Waals surface area contributed by atoms with E-state index < -0.39 is 11.8 Å². The summed E-state index contributed by atoms with van der Waals surface area (Å²) in [6.45, 7) is 4.02. The molecule has 7 heteroatoms. The first-order chi connectivity index (χ1) is 13.5. The zero-order chi connectivity index (χ0) is 20.1. The van der Waals surface area contributed by atoms with Crippen molar-refractivity contribution in [3.8, 4) is 0 Å². The number of nitrogens with zero attached hydrogens (tertiary/aromatic N) is 2. The van der Waals surface area contributed by atoms with E-state index in [1.165, 1.54) is 0 Å². The maximum Gasteiger partial charge on any atom is 0.259 e. The molecule has 1 aromatic heterocycles. The molecule has 3 rings (SSSR count). The molecule has 0 atom stereocenters. The molecule has 2 aromatic carbocycles. The van der Waals surface area contributed by atoms with Crippen LogP contribution in [0, 0.1) is 0 Å². The molecule has 2 amide bonds. The second kappa shape index (κ2) is 8.71. The summed E-state index contributed by atoms with van der Waals surface area (Å²) in [6.07, 6.45) is 3.61. The molecule has 0 fully saturated rings. The van der Waals surface area contributed by atoms with Gasteiger partial charge in [0.25, 0.3) is 11.8 Å². The van der Waals surface area contributed by atoms with Crippen molar-refractivity contribution in [1.82, 2.24) is 15.3 Å². The fourth-order valence-corrected chi connectivity index (χ4v) is 3.10. The van der Waals surface area contributed by atoms with E-state index in [1.54, 1.807) is 30.5 Å². The summed E-state index contributed by atoms with van der Waals surface area (Å²) < 4.78 is 2.16. The van der Waals surface area contributed by atoms with Gasteiger partial charge in [0.15, 0.2) is 0 Å². The molecule has 3 aromatic rings. The number of halogens is 1. The minimum absolute atomic E-state index is 0.199. The van der Waals surface area contributed by atoms with Crippen LogP contribution < -0.4 is 10.7 Å². The van der Waals surface area contributed by atoms with Crippen molar-refractivity contribution in [2.45, 2.75) is 19.9 Å². The molecule has 0 saturated heterocycles. The summed E-state index contributed by atoms with van der Waals surface area (Å²) in [5.74, 6) is -0.839. The number of nitrogens with one attached hydrogen (secondary N) is 2. The highest BCUT2D eigenvalue weighted by Crippen LogP contribution is 2.23. The minimum Gasteiger partial charge on any atom is -0.344 e. The van der Waals surface area contributed by atoms with Crippen LogP contribution in [0.3, 0.4) is 0 Å². The Morgan fingerprint density at radius 3 is 2.61 bits per heavy atom. The molecule has 0 aliphatic carbocycles. The van der Waals surface area contributed by atoms with Crippen LogP contribution in [-0.2, 0) is 4.79 Å². The zero-order valence-electron chi connectivity index (χ0n) is 15.6. The molecule has 144 valence electrons. The largest absolute Gasteiger partial charge is 0.344 e. The Bertz CT molecular complexity index is 1040. The average molecular weight is 397 g/mol. The Morgan fingerprint density at radius 1 is 1.14 bits per heavy atom. The van der Waals surface area contributed by atoms with Crippen LogP contribution in [0.2, 0.25) is 5.02 Å². The van der Waals surface area contributed by atoms with E-state index in [-0.39, 0.29) is 6.54 Å². The average Bonchev–Trinajstić information content (AvgIpc) is 3.06. The summed E-state index contributed by atoms with van der Waals surface area (Å²) >= 11 is 5.97. The fourth-order valence-electron chi connectivity index (χ4n) is 2.88. The zero-order valence-corrected chi connectivity index (χ0v) is 16.4. The van der Waals surface area contributed by atoms with Gasteiger partial charge in [0.2, 0.25) is 0 Å². The first-order valence-electron chi connectivity index (χ1n) is 8.91. The molecule has 0 saturated carbocycles. The van der Waals surface area contributed by atoms with Gasteiger partial charge >= 0.3 is 0 Å². The molecule has 6 nitrogen and oxygen atoms in total. The summed E-state index contributed by atoms with van der Waals surface area (Å²) in [4.78, 5) is 24.0. The number of benzene rings is 2. The Balaban J connectivity index is 1.61. The van der Waals surface area contributed by atoms with E-state index in [2.05, 4.69) is 40.3 Å². The number of aromatic nitrogens is 1. The Kier molecular flexibility index (Phi) is 6.11. The molecular formula is C21H21ClN4O2. The summed E-state index contributed by atoms with van der Waals surface area (Å²) in [5.41, 5.74) is 4.77. The molecule has 0 radical (unpaired) electrons. The van der Waals surface area contributed by atoms with Gasteiger partial charge < -0.3 is 9.88 Å². The van der Waals surface area contributed by atoms with Crippen LogP contribution in [0.4, 0.5) is 0 Å². The van der Waals surface area contributed by atoms with Crippen LogP contribution in [0.25, 0.3) is 10.9 Å². The molecule has 0 unspecified atom stereocenters. The Morgan fingerprint density at radius 2 is 1.86 bits per heavy atom. The monoisotopic (exact) mass is 396 g/mol. The third kappa shape index (κ3) is 4.40. The lowest BCUT2D eigenvalue weighted by atomic mass is 10.2. The maximum atomic E-state index is 12.1. The second-order valence-electron chi connectivity index (χ2n) is 6.56. The van der Waals surface area contributed by atoms with Gasteiger partial charge in [-0.2, -0.15) is 5.10 Å². The quantitative estimate of drug-likeness (QED) is 0.491. The number of carbonyl (C=O) groups is 2. The van der Waals surface area contributed by atoms with Crippen molar-refractivity contribution in [3.05, 3.63) is 70.9 Å². The number of fused-ring (bicyclic) bond motifs is 1. The third-order valence-corrected chi connectivity index (χ3v) is 4.58. The van der Waals surface area contributed by atoms with Crippen molar-refractivity contribution in [2.24, 2.45) is 5.10 Å². The van der Waals surface area contributed by atoms with Gasteiger partial charge in [-0.1, -0.05) is 41.9 Å². The lowest BCUT2D eigenvalue weighted by molar-refractivity contribution is -0.120. The van der Waals surface area contributed by atoms with Gasteiger partial charge in [-0.25, -0.2) is 5.43 Å². The smallest absolute Gasteiger partial charge is 0.259 e. The minimum atomic E-state index is -0.427. The highest BCUT2D eigenvalue weighted by molar-refractivity contribution is 6.33. The fraction of sp³-hybridized carbons (Fsp3) is 0.190. The predicted molar refractivity (Wildman–Crippen MR) is 112 cm³/mol. The Labute approximate surface area is 168 Å². The van der Waals surface area contributed by atoms with Gasteiger partial charge in [-0.05, 0) is 32.0 Å². The lowest BCUT2D eigenvalue weighted by Gasteiger charge is -2.08. The van der Waals surface area contributed by atoms with Crippen molar-refractivity contribution in [1.29, 1.82) is 0 Å². The summed E-state index contributed by atoms with van der Waals surface area (Å²) in [6, 6.07) is 15.0. The second-order valence-corrected chi connectivity index (χ2v) is 6.97. The first kappa shape index (κ1) is 19.6. The van der Waals surface area contributed by atoms with Crippen LogP contribution in [0.1, 0.15) is 35.8 Å². The van der Waals surface area contributed by atoms with E-state index in [9.17, 15) is 9.59 Å². The van der Waals surface area contributed by atoms with Crippen molar-refractivity contribution in [3.63, 3.8) is 0 Å². The standard InChI is InChI=1S/C21H21ClN4O2/c1-14(2)26-13-15(16-7-4-6-10-19(16)26)11-24-25-20(27)12-23-21(28)17-8-3-5-9-18(17)22/h3-11,13-14H,12H2,1-2H3,(H,23,28)(H,25,27)/b24-11-. The van der Waals surface area contributed by atoms with E-state index >= 15 is 0 Å². The summed E-state index contributed by atoms with van der Waals surface area (Å²) in [5, 5.41) is 7.93. The molecule has 2 N–H and O–H groups in total. The lowest BCUT2D eigenvalue weighted by Crippen LogP contribution is -2.35. The van der Waals surface area contributed by atoms with Gasteiger partial charge in [0.05, 0.1) is 23.3 Å². The molecule has 0 bridgehead atoms. The highest BCUT2D eigenvalue weighted by atomic mass is 35.5. The van der Waals surface area contributed by atoms with Gasteiger partial charge in [0.1, 0.15) is 0 Å². The van der Waals surface area contributed by atoms with Crippen LogP contribution in [0.15, 0.2) is 59.8 Å². The number of rotatable bonds is 6. The van der Waals surface area contributed by atoms with Crippen LogP contribution in [0.5, 0.6) is 0 Å². The van der Waals surface area contributed by atoms with Crippen molar-refractivity contribution in [2.75, 3.05) is 6.54 Å². The van der Waals surface area contributed by atoms with E-state index in [4.69, 9.17) is 11.6 Å². The number of hydrazone groups is 1. The molecule has 0 aliphatic heterocycles. The SMILES string of the molecule is CC(C)n1cc(/C=N\NC(=O)CNC(=O)c2ccccc2Cl)c2ccccc21. The Hall–Kier alpha value is -3.12. The number of hydrogen-bond acceptors (Lipinski definition) is 3. The van der Waals surface area contributed by atoms with Crippen LogP contribution >= 0.6 is 11.6 Å². The third-order valence-electron chi connectivity index (χ3n) is 4.25. The normalized spacial score (nSPS) is 11.3. The van der Waals surface area contributed by atoms with Crippen molar-refractivity contribution < 1.29 is 9.59 Å². The molecule has 1 heterocycles. The van der Waals surface area contributed by atoms with E-state index in [0.717, 1.165) is 16.5 Å². The maximum absolute atomic E-state index is 12.1. The molecule has 0 spiro atoms. The van der Waals surface area contributed by atoms with Crippen LogP contribution in [-0.4, -0.2) is 29.1 Å². The summed E-state index contributed by atoms with van der Waals surface area (Å²) in [7, 11) is 0. The van der Waals surface area contributed by atoms with E-state index in [0.29, 0.717) is 16.6 Å². The number of carbonyl (C=O) groups excluding carboxylic acids is 2. The van der Waals surface area contributed by atoms with Gasteiger partial charge in [-0.3, -0.25) is 9.59 Å². The number of amides is 2. The molecule has 28 heavy (non-hydrogen) atoms. The number of hydrogen-bond donors (Lipinski definition) is 2. The van der Waals surface area contributed by atoms with Crippen molar-refractivity contribution >= 4 is 40.5 Å². The predicted octanol–water partition coefficient (Wildman–Crippen LogP) is 3.76. The van der Waals surface area contributed by atoms with E-state index in [1.807, 2.05) is 24.4 Å². The molecular weight excluding hydrogens is 376 g/mol. The topological polar surface area (TPSA) is 75.5 Å².